The Balaban J connectivity index is 1.39. The molecule has 1 aliphatic heterocycles. The van der Waals surface area contributed by atoms with Crippen molar-refractivity contribution in [2.24, 2.45) is 0 Å². The minimum atomic E-state index is -0.103. The highest BCUT2D eigenvalue weighted by Gasteiger charge is 2.13. The molecule has 160 valence electrons. The molecule has 0 aromatic heterocycles. The molecule has 0 spiro atoms. The van der Waals surface area contributed by atoms with Crippen molar-refractivity contribution in [2.45, 2.75) is 20.0 Å². The number of carbonyl (C=O) groups excluding carboxylic acids is 2. The molecule has 1 heterocycles. The number of nitrogens with one attached hydrogen (secondary N) is 2. The van der Waals surface area contributed by atoms with Crippen LogP contribution in [0.1, 0.15) is 16.7 Å². The van der Waals surface area contributed by atoms with E-state index < -0.39 is 0 Å². The smallest absolute Gasteiger partial charge is 0.234 e. The molecule has 1 saturated heterocycles. The van der Waals surface area contributed by atoms with Crippen LogP contribution in [0.3, 0.4) is 0 Å². The van der Waals surface area contributed by atoms with Crippen LogP contribution < -0.4 is 10.6 Å². The zero-order valence-corrected chi connectivity index (χ0v) is 18.2. The quantitative estimate of drug-likeness (QED) is 0.644. The van der Waals surface area contributed by atoms with Gasteiger partial charge in [0.15, 0.2) is 0 Å². The van der Waals surface area contributed by atoms with E-state index in [1.807, 2.05) is 43.3 Å². The van der Waals surface area contributed by atoms with Gasteiger partial charge in [-0.2, -0.15) is 0 Å². The van der Waals surface area contributed by atoms with Crippen molar-refractivity contribution < 1.29 is 14.3 Å². The first kappa shape index (κ1) is 22.3. The fourth-order valence-corrected chi connectivity index (χ4v) is 3.93. The van der Waals surface area contributed by atoms with Gasteiger partial charge in [0.25, 0.3) is 0 Å². The van der Waals surface area contributed by atoms with E-state index in [4.69, 9.17) is 4.74 Å². The molecular formula is C23H29N3O3S. The van der Waals surface area contributed by atoms with Crippen molar-refractivity contribution in [3.05, 3.63) is 65.2 Å². The molecule has 30 heavy (non-hydrogen) atoms. The minimum absolute atomic E-state index is 0.0652. The first-order valence-corrected chi connectivity index (χ1v) is 11.3. The number of morpholine rings is 1. The lowest BCUT2D eigenvalue weighted by Crippen LogP contribution is -2.36. The monoisotopic (exact) mass is 427 g/mol. The average molecular weight is 428 g/mol. The molecule has 0 aliphatic carbocycles. The fourth-order valence-electron chi connectivity index (χ4n) is 3.29. The van der Waals surface area contributed by atoms with Crippen LogP contribution in [-0.2, 0) is 27.4 Å². The van der Waals surface area contributed by atoms with E-state index in [9.17, 15) is 9.59 Å². The number of aryl methyl sites for hydroxylation is 1. The van der Waals surface area contributed by atoms with Gasteiger partial charge in [-0.25, -0.2) is 0 Å². The van der Waals surface area contributed by atoms with E-state index in [1.165, 1.54) is 17.3 Å². The van der Waals surface area contributed by atoms with E-state index in [1.54, 1.807) is 0 Å². The van der Waals surface area contributed by atoms with Crippen LogP contribution in [0.25, 0.3) is 0 Å². The number of nitrogens with zero attached hydrogens (tertiary/aromatic N) is 1. The van der Waals surface area contributed by atoms with Crippen molar-refractivity contribution in [1.29, 1.82) is 0 Å². The minimum Gasteiger partial charge on any atom is -0.379 e. The summed E-state index contributed by atoms with van der Waals surface area (Å²) in [6, 6.07) is 15.9. The van der Waals surface area contributed by atoms with Gasteiger partial charge in [0.2, 0.25) is 11.8 Å². The third kappa shape index (κ3) is 7.48. The maximum absolute atomic E-state index is 12.2. The Kier molecular flexibility index (Phi) is 8.74. The molecule has 2 aromatic rings. The van der Waals surface area contributed by atoms with E-state index in [2.05, 4.69) is 27.7 Å². The second-order valence-corrected chi connectivity index (χ2v) is 8.33. The molecule has 7 heteroatoms. The van der Waals surface area contributed by atoms with E-state index in [-0.39, 0.29) is 23.3 Å². The van der Waals surface area contributed by atoms with Gasteiger partial charge in [0.05, 0.1) is 24.7 Å². The van der Waals surface area contributed by atoms with Crippen LogP contribution in [-0.4, -0.2) is 54.5 Å². The van der Waals surface area contributed by atoms with Crippen molar-refractivity contribution in [1.82, 2.24) is 10.2 Å². The summed E-state index contributed by atoms with van der Waals surface area (Å²) in [7, 11) is 0. The molecule has 2 N–H and O–H groups in total. The van der Waals surface area contributed by atoms with Crippen LogP contribution in [0.15, 0.2) is 48.5 Å². The summed E-state index contributed by atoms with van der Waals surface area (Å²) >= 11 is 1.31. The summed E-state index contributed by atoms with van der Waals surface area (Å²) in [6.45, 7) is 6.75. The number of thioether (sulfide) groups is 1. The highest BCUT2D eigenvalue weighted by atomic mass is 32.2. The second kappa shape index (κ2) is 11.7. The highest BCUT2D eigenvalue weighted by molar-refractivity contribution is 8.00. The summed E-state index contributed by atoms with van der Waals surface area (Å²) < 4.78 is 5.41. The number of hydrogen-bond acceptors (Lipinski definition) is 5. The van der Waals surface area contributed by atoms with Crippen LogP contribution >= 0.6 is 11.8 Å². The lowest BCUT2D eigenvalue weighted by atomic mass is 10.1. The topological polar surface area (TPSA) is 70.7 Å². The molecule has 0 unspecified atom stereocenters. The number of hydrogen-bond donors (Lipinski definition) is 2. The SMILES string of the molecule is Cc1cccc(NC(=O)CSCC(=O)NCc2ccccc2CN2CCOCC2)c1. The van der Waals surface area contributed by atoms with E-state index in [0.29, 0.717) is 6.54 Å². The Morgan fingerprint density at radius 2 is 1.73 bits per heavy atom. The summed E-state index contributed by atoms with van der Waals surface area (Å²) in [4.78, 5) is 26.6. The van der Waals surface area contributed by atoms with Gasteiger partial charge in [0, 0.05) is 31.9 Å². The number of amides is 2. The lowest BCUT2D eigenvalue weighted by molar-refractivity contribution is -0.118. The van der Waals surface area contributed by atoms with Crippen molar-refractivity contribution in [2.75, 3.05) is 43.1 Å². The number of anilines is 1. The molecule has 6 nitrogen and oxygen atoms in total. The summed E-state index contributed by atoms with van der Waals surface area (Å²) in [6.07, 6.45) is 0. The molecule has 2 aromatic carbocycles. The maximum atomic E-state index is 12.2. The summed E-state index contributed by atoms with van der Waals surface area (Å²) in [5.41, 5.74) is 4.22. The zero-order valence-electron chi connectivity index (χ0n) is 17.4. The van der Waals surface area contributed by atoms with Crippen LogP contribution in [0.4, 0.5) is 5.69 Å². The van der Waals surface area contributed by atoms with Gasteiger partial charge in [-0.15, -0.1) is 11.8 Å². The predicted octanol–water partition coefficient (Wildman–Crippen LogP) is 2.82. The van der Waals surface area contributed by atoms with Crippen molar-refractivity contribution in [3.8, 4) is 0 Å². The molecular weight excluding hydrogens is 398 g/mol. The van der Waals surface area contributed by atoms with Gasteiger partial charge < -0.3 is 15.4 Å². The Hall–Kier alpha value is -2.35. The number of ether oxygens (including phenoxy) is 1. The van der Waals surface area contributed by atoms with Crippen molar-refractivity contribution >= 4 is 29.3 Å². The van der Waals surface area contributed by atoms with Crippen LogP contribution in [0.5, 0.6) is 0 Å². The third-order valence-electron chi connectivity index (χ3n) is 4.86. The molecule has 2 amide bonds. The first-order chi connectivity index (χ1) is 14.6. The van der Waals surface area contributed by atoms with Gasteiger partial charge in [-0.1, -0.05) is 36.4 Å². The standard InChI is InChI=1S/C23H29N3O3S/c1-18-5-4-8-21(13-18)25-23(28)17-30-16-22(27)24-14-19-6-2-3-7-20(19)15-26-9-11-29-12-10-26/h2-8,13H,9-12,14-17H2,1H3,(H,24,27)(H,25,28). The molecule has 0 atom stereocenters. The van der Waals surface area contributed by atoms with Gasteiger partial charge in [-0.05, 0) is 35.7 Å². The maximum Gasteiger partial charge on any atom is 0.234 e. The fraction of sp³-hybridized carbons (Fsp3) is 0.391. The first-order valence-electron chi connectivity index (χ1n) is 10.2. The van der Waals surface area contributed by atoms with Crippen molar-refractivity contribution in [3.63, 3.8) is 0 Å². The second-order valence-electron chi connectivity index (χ2n) is 7.34. The molecule has 0 radical (unpaired) electrons. The Morgan fingerprint density at radius 1 is 1.00 bits per heavy atom. The number of carbonyl (C=O) groups is 2. The molecule has 0 saturated carbocycles. The van der Waals surface area contributed by atoms with Gasteiger partial charge in [-0.3, -0.25) is 14.5 Å². The van der Waals surface area contributed by atoms with Gasteiger partial charge in [0.1, 0.15) is 0 Å². The predicted molar refractivity (Wildman–Crippen MR) is 122 cm³/mol. The van der Waals surface area contributed by atoms with Gasteiger partial charge >= 0.3 is 0 Å². The van der Waals surface area contributed by atoms with Crippen LogP contribution in [0, 0.1) is 6.92 Å². The normalized spacial score (nSPS) is 14.3. The zero-order chi connectivity index (χ0) is 21.2. The Labute approximate surface area is 182 Å². The molecule has 1 fully saturated rings. The Bertz CT molecular complexity index is 853. The third-order valence-corrected chi connectivity index (χ3v) is 5.79. The molecule has 1 aliphatic rings. The highest BCUT2D eigenvalue weighted by Crippen LogP contribution is 2.14. The average Bonchev–Trinajstić information content (AvgIpc) is 2.74. The molecule has 0 bridgehead atoms. The largest absolute Gasteiger partial charge is 0.379 e. The Morgan fingerprint density at radius 3 is 2.50 bits per heavy atom. The summed E-state index contributed by atoms with van der Waals surface area (Å²) in [5, 5.41) is 5.83. The number of benzene rings is 2. The summed E-state index contributed by atoms with van der Waals surface area (Å²) in [5.74, 6) is 0.334. The molecule has 3 rings (SSSR count). The van der Waals surface area contributed by atoms with E-state index >= 15 is 0 Å². The number of rotatable bonds is 9. The van der Waals surface area contributed by atoms with E-state index in [0.717, 1.165) is 49.7 Å². The van der Waals surface area contributed by atoms with Crippen LogP contribution in [0.2, 0.25) is 0 Å². The lowest BCUT2D eigenvalue weighted by Gasteiger charge is -2.27.